The Morgan fingerprint density at radius 3 is 2.92 bits per heavy atom. The molecule has 3 rings (SSSR count). The van der Waals surface area contributed by atoms with Crippen LogP contribution in [0.5, 0.6) is 0 Å². The van der Waals surface area contributed by atoms with Gasteiger partial charge in [-0.05, 0) is 38.3 Å². The van der Waals surface area contributed by atoms with E-state index in [1.54, 1.807) is 0 Å². The van der Waals surface area contributed by atoms with Gasteiger partial charge in [-0.1, -0.05) is 12.1 Å². The molecule has 2 aliphatic rings. The average molecular weight is 357 g/mol. The van der Waals surface area contributed by atoms with Crippen molar-refractivity contribution in [3.8, 4) is 6.07 Å². The van der Waals surface area contributed by atoms with Gasteiger partial charge in [-0.15, -0.1) is 0 Å². The Morgan fingerprint density at radius 1 is 1.31 bits per heavy atom. The molecule has 0 N–H and O–H groups in total. The summed E-state index contributed by atoms with van der Waals surface area (Å²) >= 11 is 0. The predicted molar refractivity (Wildman–Crippen MR) is 99.0 cm³/mol. The van der Waals surface area contributed by atoms with Crippen molar-refractivity contribution in [3.05, 3.63) is 29.8 Å². The lowest BCUT2D eigenvalue weighted by Crippen LogP contribution is -2.42. The number of nitriles is 1. The molecule has 2 heterocycles. The van der Waals surface area contributed by atoms with E-state index >= 15 is 0 Å². The first-order valence-electron chi connectivity index (χ1n) is 9.45. The minimum absolute atomic E-state index is 0.0402. The molecule has 2 aliphatic heterocycles. The molecule has 0 aromatic heterocycles. The van der Waals surface area contributed by atoms with Gasteiger partial charge in [-0.2, -0.15) is 5.26 Å². The van der Waals surface area contributed by atoms with Crippen LogP contribution in [0.1, 0.15) is 31.7 Å². The van der Waals surface area contributed by atoms with Gasteiger partial charge in [0.1, 0.15) is 12.2 Å². The van der Waals surface area contributed by atoms with Crippen LogP contribution < -0.4 is 4.90 Å². The number of benzene rings is 1. The maximum absolute atomic E-state index is 12.7. The fourth-order valence-electron chi connectivity index (χ4n) is 3.58. The van der Waals surface area contributed by atoms with Gasteiger partial charge in [-0.3, -0.25) is 4.79 Å². The molecule has 1 amide bonds. The lowest BCUT2D eigenvalue weighted by molar-refractivity contribution is -0.144. The molecule has 26 heavy (non-hydrogen) atoms. The number of rotatable bonds is 5. The third-order valence-electron chi connectivity index (χ3n) is 5.08. The van der Waals surface area contributed by atoms with E-state index in [-0.39, 0.29) is 12.0 Å². The standard InChI is InChI=1S/C20H27N3O3/c1-16(26-15-18-7-4-13-25-18)20(24)23-10-5-9-22(11-12-23)19-8-3-2-6-17(19)14-21/h2-3,6,8,16,18H,4-5,7,9-13,15H2,1H3/t16-,18-/m0/s1. The Bertz CT molecular complexity index is 652. The highest BCUT2D eigenvalue weighted by Gasteiger charge is 2.26. The fraction of sp³-hybridized carbons (Fsp3) is 0.600. The molecule has 0 bridgehead atoms. The number of carbonyl (C=O) groups is 1. The highest BCUT2D eigenvalue weighted by Crippen LogP contribution is 2.21. The van der Waals surface area contributed by atoms with Crippen molar-refractivity contribution in [2.75, 3.05) is 44.3 Å². The molecular weight excluding hydrogens is 330 g/mol. The van der Waals surface area contributed by atoms with Crippen LogP contribution in [0.3, 0.4) is 0 Å². The summed E-state index contributed by atoms with van der Waals surface area (Å²) in [4.78, 5) is 16.8. The molecular formula is C20H27N3O3. The van der Waals surface area contributed by atoms with Gasteiger partial charge >= 0.3 is 0 Å². The zero-order chi connectivity index (χ0) is 18.4. The largest absolute Gasteiger partial charge is 0.376 e. The van der Waals surface area contributed by atoms with E-state index in [1.807, 2.05) is 36.1 Å². The highest BCUT2D eigenvalue weighted by atomic mass is 16.5. The number of amides is 1. The summed E-state index contributed by atoms with van der Waals surface area (Å²) in [6, 6.07) is 9.90. The fourth-order valence-corrected chi connectivity index (χ4v) is 3.58. The van der Waals surface area contributed by atoms with Gasteiger partial charge in [-0.25, -0.2) is 0 Å². The first-order valence-corrected chi connectivity index (χ1v) is 9.45. The van der Waals surface area contributed by atoms with E-state index in [9.17, 15) is 10.1 Å². The highest BCUT2D eigenvalue weighted by molar-refractivity contribution is 5.80. The van der Waals surface area contributed by atoms with E-state index < -0.39 is 6.10 Å². The van der Waals surface area contributed by atoms with Gasteiger partial charge in [0, 0.05) is 32.8 Å². The zero-order valence-corrected chi connectivity index (χ0v) is 15.4. The van der Waals surface area contributed by atoms with Crippen LogP contribution in [0.4, 0.5) is 5.69 Å². The van der Waals surface area contributed by atoms with Gasteiger partial charge in [0.05, 0.1) is 24.0 Å². The number of nitrogens with zero attached hydrogens (tertiary/aromatic N) is 3. The second kappa shape index (κ2) is 9.02. The lowest BCUT2D eigenvalue weighted by atomic mass is 10.1. The Labute approximate surface area is 155 Å². The van der Waals surface area contributed by atoms with Crippen molar-refractivity contribution < 1.29 is 14.3 Å². The van der Waals surface area contributed by atoms with E-state index in [0.29, 0.717) is 18.7 Å². The molecule has 140 valence electrons. The third kappa shape index (κ3) is 4.54. The number of carbonyl (C=O) groups excluding carboxylic acids is 1. The minimum atomic E-state index is -0.447. The number of anilines is 1. The summed E-state index contributed by atoms with van der Waals surface area (Å²) in [5, 5.41) is 9.31. The Hall–Kier alpha value is -2.10. The maximum atomic E-state index is 12.7. The van der Waals surface area contributed by atoms with Crippen LogP contribution in [-0.2, 0) is 14.3 Å². The minimum Gasteiger partial charge on any atom is -0.376 e. The summed E-state index contributed by atoms with van der Waals surface area (Å²) in [5.41, 5.74) is 1.63. The van der Waals surface area contributed by atoms with Gasteiger partial charge in [0.15, 0.2) is 0 Å². The molecule has 0 radical (unpaired) electrons. The summed E-state index contributed by atoms with van der Waals surface area (Å²) in [7, 11) is 0. The lowest BCUT2D eigenvalue weighted by Gasteiger charge is -2.26. The van der Waals surface area contributed by atoms with Crippen molar-refractivity contribution in [3.63, 3.8) is 0 Å². The molecule has 0 unspecified atom stereocenters. The Balaban J connectivity index is 1.54. The first kappa shape index (κ1) is 18.7. The van der Waals surface area contributed by atoms with Crippen LogP contribution in [0.2, 0.25) is 0 Å². The summed E-state index contributed by atoms with van der Waals surface area (Å²) < 4.78 is 11.3. The number of para-hydroxylation sites is 1. The SMILES string of the molecule is C[C@H](OC[C@@H]1CCCO1)C(=O)N1CCCN(c2ccccc2C#N)CC1. The molecule has 6 heteroatoms. The van der Waals surface area contributed by atoms with Crippen LogP contribution in [0.15, 0.2) is 24.3 Å². The molecule has 0 aliphatic carbocycles. The normalized spacial score (nSPS) is 21.9. The van der Waals surface area contributed by atoms with Crippen molar-refractivity contribution in [1.82, 2.24) is 4.90 Å². The molecule has 1 aromatic rings. The summed E-state index contributed by atoms with van der Waals surface area (Å²) in [6.07, 6.45) is 2.65. The number of ether oxygens (including phenoxy) is 2. The van der Waals surface area contributed by atoms with Gasteiger partial charge < -0.3 is 19.3 Å². The van der Waals surface area contributed by atoms with E-state index in [4.69, 9.17) is 9.47 Å². The Morgan fingerprint density at radius 2 is 2.15 bits per heavy atom. The quantitative estimate of drug-likeness (QED) is 0.808. The van der Waals surface area contributed by atoms with Crippen LogP contribution in [0, 0.1) is 11.3 Å². The Kier molecular flexibility index (Phi) is 6.48. The average Bonchev–Trinajstić information content (AvgIpc) is 3.08. The number of hydrogen-bond acceptors (Lipinski definition) is 5. The van der Waals surface area contributed by atoms with Crippen molar-refractivity contribution in [1.29, 1.82) is 5.26 Å². The topological polar surface area (TPSA) is 65.8 Å². The molecule has 0 saturated carbocycles. The predicted octanol–water partition coefficient (Wildman–Crippen LogP) is 2.18. The van der Waals surface area contributed by atoms with Gasteiger partial charge in [0.25, 0.3) is 5.91 Å². The van der Waals surface area contributed by atoms with Crippen LogP contribution in [-0.4, -0.2) is 62.4 Å². The van der Waals surface area contributed by atoms with E-state index in [1.165, 1.54) is 0 Å². The van der Waals surface area contributed by atoms with E-state index in [2.05, 4.69) is 11.0 Å². The molecule has 1 aromatic carbocycles. The summed E-state index contributed by atoms with van der Waals surface area (Å²) in [6.45, 7) is 6.04. The molecule has 0 spiro atoms. The van der Waals surface area contributed by atoms with E-state index in [0.717, 1.165) is 51.2 Å². The molecule has 2 saturated heterocycles. The second-order valence-corrected chi connectivity index (χ2v) is 6.91. The van der Waals surface area contributed by atoms with Crippen molar-refractivity contribution >= 4 is 11.6 Å². The van der Waals surface area contributed by atoms with Crippen molar-refractivity contribution in [2.45, 2.75) is 38.4 Å². The zero-order valence-electron chi connectivity index (χ0n) is 15.4. The number of hydrogen-bond donors (Lipinski definition) is 0. The first-order chi connectivity index (χ1) is 12.7. The van der Waals surface area contributed by atoms with Crippen LogP contribution >= 0.6 is 0 Å². The van der Waals surface area contributed by atoms with Gasteiger partial charge in [0.2, 0.25) is 0 Å². The second-order valence-electron chi connectivity index (χ2n) is 6.91. The smallest absolute Gasteiger partial charge is 0.251 e. The summed E-state index contributed by atoms with van der Waals surface area (Å²) in [5.74, 6) is 0.0402. The molecule has 6 nitrogen and oxygen atoms in total. The molecule has 2 atom stereocenters. The van der Waals surface area contributed by atoms with Crippen molar-refractivity contribution in [2.24, 2.45) is 0 Å². The monoisotopic (exact) mass is 357 g/mol. The maximum Gasteiger partial charge on any atom is 0.251 e. The van der Waals surface area contributed by atoms with Crippen LogP contribution in [0.25, 0.3) is 0 Å². The molecule has 2 fully saturated rings. The third-order valence-corrected chi connectivity index (χ3v) is 5.08.